The first kappa shape index (κ1) is 27.8. The van der Waals surface area contributed by atoms with Crippen molar-refractivity contribution < 1.29 is 34.0 Å². The molecule has 1 amide bonds. The summed E-state index contributed by atoms with van der Waals surface area (Å²) in [5.41, 5.74) is 4.60. The normalized spacial score (nSPS) is 50.3. The molecule has 0 aromatic carbocycles. The highest BCUT2D eigenvalue weighted by Gasteiger charge is 2.82. The van der Waals surface area contributed by atoms with E-state index in [1.54, 1.807) is 13.8 Å². The van der Waals surface area contributed by atoms with Crippen LogP contribution in [0.25, 0.3) is 0 Å². The van der Waals surface area contributed by atoms with Gasteiger partial charge in [0.15, 0.2) is 6.10 Å². The van der Waals surface area contributed by atoms with E-state index in [1.807, 2.05) is 0 Å². The van der Waals surface area contributed by atoms with Gasteiger partial charge in [-0.1, -0.05) is 20.8 Å². The van der Waals surface area contributed by atoms with Crippen LogP contribution >= 0.6 is 0 Å². The number of hydrogen-bond acceptors (Lipinski definition) is 7. The van der Waals surface area contributed by atoms with Crippen LogP contribution in [0.4, 0.5) is 4.79 Å². The summed E-state index contributed by atoms with van der Waals surface area (Å²) in [4.78, 5) is 23.5. The third kappa shape index (κ3) is 3.72. The Labute approximate surface area is 232 Å². The largest absolute Gasteiger partial charge is 0.457 e. The molecule has 5 aliphatic carbocycles. The minimum atomic E-state index is -1.24. The van der Waals surface area contributed by atoms with Gasteiger partial charge in [-0.05, 0) is 112 Å². The summed E-state index contributed by atoms with van der Waals surface area (Å²) in [6.07, 6.45) is 6.30. The highest BCUT2D eigenvalue weighted by atomic mass is 16.6. The summed E-state index contributed by atoms with van der Waals surface area (Å²) in [5.74, 6) is 0.948. The van der Waals surface area contributed by atoms with Gasteiger partial charge in [-0.15, -0.1) is 0 Å². The van der Waals surface area contributed by atoms with Crippen LogP contribution in [0.5, 0.6) is 0 Å². The maximum Gasteiger partial charge on any atom is 0.404 e. The van der Waals surface area contributed by atoms with Crippen molar-refractivity contribution in [3.63, 3.8) is 0 Å². The highest BCUT2D eigenvalue weighted by molar-refractivity contribution is 5.66. The predicted octanol–water partition coefficient (Wildman–Crippen LogP) is 4.33. The number of nitrogens with two attached hydrogens (primary N) is 1. The average Bonchev–Trinajstić information content (AvgIpc) is 3.44. The lowest BCUT2D eigenvalue weighted by Crippen LogP contribution is -2.56. The summed E-state index contributed by atoms with van der Waals surface area (Å²) < 4.78 is 17.8. The van der Waals surface area contributed by atoms with Gasteiger partial charge in [0.25, 0.3) is 0 Å². The number of carbonyl (C=O) groups is 2. The van der Waals surface area contributed by atoms with Gasteiger partial charge < -0.3 is 30.2 Å². The number of carbonyl (C=O) groups excluding carboxylic acids is 2. The Kier molecular flexibility index (Phi) is 6.10. The third-order valence-electron chi connectivity index (χ3n) is 13.2. The predicted molar refractivity (Wildman–Crippen MR) is 143 cm³/mol. The Balaban J connectivity index is 1.26. The van der Waals surface area contributed by atoms with Gasteiger partial charge in [0.2, 0.25) is 0 Å². The second-order valence-electron chi connectivity index (χ2n) is 15.5. The number of ether oxygens (including phenoxy) is 3. The quantitative estimate of drug-likeness (QED) is 0.447. The molecule has 0 radical (unpaired) electrons. The molecule has 4 N–H and O–H groups in total. The first-order valence-corrected chi connectivity index (χ1v) is 15.3. The van der Waals surface area contributed by atoms with Crippen molar-refractivity contribution in [2.75, 3.05) is 0 Å². The van der Waals surface area contributed by atoms with Crippen LogP contribution in [0.3, 0.4) is 0 Å². The number of aliphatic hydroxyl groups excluding tert-OH is 1. The van der Waals surface area contributed by atoms with Crippen LogP contribution < -0.4 is 5.73 Å². The van der Waals surface area contributed by atoms with Crippen molar-refractivity contribution >= 4 is 12.1 Å². The van der Waals surface area contributed by atoms with E-state index in [9.17, 15) is 19.8 Å². The van der Waals surface area contributed by atoms with Crippen LogP contribution in [0.15, 0.2) is 0 Å². The second-order valence-corrected chi connectivity index (χ2v) is 15.5. The van der Waals surface area contributed by atoms with Crippen LogP contribution in [-0.4, -0.2) is 58.4 Å². The molecule has 39 heavy (non-hydrogen) atoms. The Bertz CT molecular complexity index is 1040. The van der Waals surface area contributed by atoms with E-state index in [1.165, 1.54) is 19.8 Å². The molecule has 1 heterocycles. The van der Waals surface area contributed by atoms with Gasteiger partial charge in [-0.25, -0.2) is 4.79 Å². The molecule has 0 aromatic rings. The molecule has 6 rings (SSSR count). The molecule has 220 valence electrons. The summed E-state index contributed by atoms with van der Waals surface area (Å²) >= 11 is 0. The van der Waals surface area contributed by atoms with E-state index < -0.39 is 36.0 Å². The minimum Gasteiger partial charge on any atom is -0.457 e. The molecule has 8 nitrogen and oxygen atoms in total. The van der Waals surface area contributed by atoms with Gasteiger partial charge in [0.1, 0.15) is 6.10 Å². The Morgan fingerprint density at radius 2 is 1.69 bits per heavy atom. The van der Waals surface area contributed by atoms with Gasteiger partial charge in [0.05, 0.1) is 23.9 Å². The van der Waals surface area contributed by atoms with Gasteiger partial charge >= 0.3 is 12.1 Å². The summed E-state index contributed by atoms with van der Waals surface area (Å²) in [6.45, 7) is 11.6. The van der Waals surface area contributed by atoms with Gasteiger partial charge in [0, 0.05) is 12.3 Å². The number of esters is 1. The number of aliphatic hydroxyl groups is 2. The smallest absolute Gasteiger partial charge is 0.404 e. The lowest BCUT2D eigenvalue weighted by Gasteiger charge is -2.59. The van der Waals surface area contributed by atoms with Crippen LogP contribution in [0, 0.1) is 45.3 Å². The molecule has 5 saturated carbocycles. The molecule has 6 unspecified atom stereocenters. The molecule has 1 aliphatic heterocycles. The van der Waals surface area contributed by atoms with E-state index in [-0.39, 0.29) is 45.7 Å². The zero-order chi connectivity index (χ0) is 28.3. The minimum absolute atomic E-state index is 0.00898. The topological polar surface area (TPSA) is 128 Å². The number of rotatable bonds is 4. The maximum atomic E-state index is 12.0. The lowest BCUT2D eigenvalue weighted by molar-refractivity contribution is -0.207. The summed E-state index contributed by atoms with van der Waals surface area (Å²) in [7, 11) is 0. The van der Waals surface area contributed by atoms with Crippen LogP contribution in [-0.2, 0) is 19.0 Å². The molecule has 6 aliphatic rings. The fourth-order valence-corrected chi connectivity index (χ4v) is 11.7. The lowest BCUT2D eigenvalue weighted by atomic mass is 9.46. The van der Waals surface area contributed by atoms with Crippen molar-refractivity contribution in [1.82, 2.24) is 0 Å². The number of amides is 1. The molecule has 0 aromatic heterocycles. The molecule has 8 heteroatoms. The summed E-state index contributed by atoms with van der Waals surface area (Å²) in [5, 5.41) is 22.8. The SMILES string of the molecule is CC(=O)O[C@@H](C1CC[C@H]2C(O1)[C@H](O)C1C3CC[C@H]4C(C)(C)[C@@H](OC(N)=O)CCC45C[C@@]35CCC12C)C(C)(C)O. The fourth-order valence-electron chi connectivity index (χ4n) is 11.7. The van der Waals surface area contributed by atoms with Crippen molar-refractivity contribution in [1.29, 1.82) is 0 Å². The number of hydrogen-bond donors (Lipinski definition) is 3. The van der Waals surface area contributed by atoms with Gasteiger partial charge in [-0.3, -0.25) is 4.79 Å². The number of fused-ring (bicyclic) bond motifs is 4. The molecule has 12 atom stereocenters. The number of primary amides is 1. The third-order valence-corrected chi connectivity index (χ3v) is 13.2. The zero-order valence-corrected chi connectivity index (χ0v) is 24.6. The Morgan fingerprint density at radius 3 is 2.33 bits per heavy atom. The second kappa shape index (κ2) is 8.57. The van der Waals surface area contributed by atoms with E-state index in [0.29, 0.717) is 18.3 Å². The van der Waals surface area contributed by atoms with Crippen molar-refractivity contribution in [2.45, 2.75) is 135 Å². The highest BCUT2D eigenvalue weighted by Crippen LogP contribution is 2.87. The first-order chi connectivity index (χ1) is 18.1. The average molecular weight is 548 g/mol. The molecular weight excluding hydrogens is 498 g/mol. The fraction of sp³-hybridized carbons (Fsp3) is 0.935. The summed E-state index contributed by atoms with van der Waals surface area (Å²) in [6, 6.07) is 0. The molecular formula is C31H49NO7. The maximum absolute atomic E-state index is 12.0. The standard InChI is InChI=1S/C31H49NO7/c1-16(33)37-25(28(4,5)36)19-9-7-18-24(38-19)23(34)22-17-8-10-20-27(2,3)21(39-26(32)35)11-12-31(20)15-30(17,31)14-13-29(18,22)6/h17-25,34,36H,7-15H2,1-6H3,(H2,32,35)/t17?,18-,19?,20-,21-,22?,23+,24?,25-,29?,30-,31?/m0/s1. The monoisotopic (exact) mass is 547 g/mol. The Morgan fingerprint density at radius 1 is 1.00 bits per heavy atom. The van der Waals surface area contributed by atoms with Crippen LogP contribution in [0.1, 0.15) is 99.3 Å². The molecule has 6 fully saturated rings. The molecule has 0 bridgehead atoms. The van der Waals surface area contributed by atoms with Crippen molar-refractivity contribution in [2.24, 2.45) is 51.1 Å². The van der Waals surface area contributed by atoms with E-state index in [4.69, 9.17) is 19.9 Å². The van der Waals surface area contributed by atoms with Gasteiger partial charge in [-0.2, -0.15) is 0 Å². The van der Waals surface area contributed by atoms with E-state index in [0.717, 1.165) is 38.5 Å². The van der Waals surface area contributed by atoms with Crippen molar-refractivity contribution in [3.8, 4) is 0 Å². The van der Waals surface area contributed by atoms with Crippen molar-refractivity contribution in [3.05, 3.63) is 0 Å². The molecule has 1 saturated heterocycles. The van der Waals surface area contributed by atoms with E-state index in [2.05, 4.69) is 20.8 Å². The van der Waals surface area contributed by atoms with E-state index >= 15 is 0 Å². The van der Waals surface area contributed by atoms with Crippen LogP contribution in [0.2, 0.25) is 0 Å². The zero-order valence-electron chi connectivity index (χ0n) is 24.6. The first-order valence-electron chi connectivity index (χ1n) is 15.3. The Hall–Kier alpha value is -1.38. The molecule has 2 spiro atoms.